The minimum absolute atomic E-state index is 0.392. The topological polar surface area (TPSA) is 32.6 Å². The van der Waals surface area contributed by atoms with Crippen LogP contribution in [0.25, 0.3) is 4.96 Å². The van der Waals surface area contributed by atoms with Crippen LogP contribution >= 0.6 is 11.3 Å². The number of rotatable bonds is 3. The van der Waals surface area contributed by atoms with Gasteiger partial charge in [0.25, 0.3) is 0 Å². The summed E-state index contributed by atoms with van der Waals surface area (Å²) in [6, 6.07) is 0.649. The summed E-state index contributed by atoms with van der Waals surface area (Å²) in [7, 11) is 0. The number of nitrogens with zero attached hydrogens (tertiary/aromatic N) is 3. The molecule has 2 aliphatic rings. The minimum atomic E-state index is 0.392. The summed E-state index contributed by atoms with van der Waals surface area (Å²) in [5, 5.41) is 5.96. The second-order valence-electron chi connectivity index (χ2n) is 6.66. The summed E-state index contributed by atoms with van der Waals surface area (Å²) in [5.41, 5.74) is 1.61. The van der Waals surface area contributed by atoms with Gasteiger partial charge < -0.3 is 5.32 Å². The molecule has 0 amide bonds. The summed E-state index contributed by atoms with van der Waals surface area (Å²) in [4.78, 5) is 8.56. The van der Waals surface area contributed by atoms with Gasteiger partial charge in [0.05, 0.1) is 5.69 Å². The first-order chi connectivity index (χ1) is 10.3. The molecule has 1 saturated heterocycles. The molecule has 1 aliphatic heterocycles. The summed E-state index contributed by atoms with van der Waals surface area (Å²) in [5.74, 6) is 0. The first-order valence-electron chi connectivity index (χ1n) is 8.18. The predicted octanol–water partition coefficient (Wildman–Crippen LogP) is 2.89. The van der Waals surface area contributed by atoms with Crippen LogP contribution in [0.15, 0.2) is 17.8 Å². The van der Waals surface area contributed by atoms with Crippen molar-refractivity contribution in [3.8, 4) is 0 Å². The molecule has 114 valence electrons. The summed E-state index contributed by atoms with van der Waals surface area (Å²) in [6.45, 7) is 5.63. The Labute approximate surface area is 130 Å². The van der Waals surface area contributed by atoms with E-state index in [1.165, 1.54) is 44.3 Å². The molecule has 2 aromatic heterocycles. The van der Waals surface area contributed by atoms with E-state index < -0.39 is 0 Å². The minimum Gasteiger partial charge on any atom is -0.308 e. The van der Waals surface area contributed by atoms with E-state index in [0.29, 0.717) is 11.6 Å². The van der Waals surface area contributed by atoms with Crippen molar-refractivity contribution in [2.45, 2.75) is 57.2 Å². The number of nitrogens with one attached hydrogen (secondary N) is 1. The molecule has 0 aromatic carbocycles. The Hall–Kier alpha value is -0.910. The lowest BCUT2D eigenvalue weighted by Crippen LogP contribution is -2.62. The van der Waals surface area contributed by atoms with E-state index in [2.05, 4.69) is 39.3 Å². The second-order valence-corrected chi connectivity index (χ2v) is 7.53. The maximum absolute atomic E-state index is 4.77. The third kappa shape index (κ3) is 2.51. The van der Waals surface area contributed by atoms with Crippen molar-refractivity contribution in [2.24, 2.45) is 0 Å². The molecule has 5 heteroatoms. The van der Waals surface area contributed by atoms with Crippen LogP contribution in [0.5, 0.6) is 0 Å². The van der Waals surface area contributed by atoms with Gasteiger partial charge in [-0.1, -0.05) is 19.8 Å². The van der Waals surface area contributed by atoms with Gasteiger partial charge >= 0.3 is 0 Å². The Morgan fingerprint density at radius 2 is 2.29 bits per heavy atom. The van der Waals surface area contributed by atoms with E-state index in [1.54, 1.807) is 11.3 Å². The molecule has 0 bridgehead atoms. The smallest absolute Gasteiger partial charge is 0.193 e. The van der Waals surface area contributed by atoms with Crippen LogP contribution in [0.3, 0.4) is 0 Å². The van der Waals surface area contributed by atoms with Crippen LogP contribution in [0.4, 0.5) is 0 Å². The van der Waals surface area contributed by atoms with Gasteiger partial charge in [0.15, 0.2) is 4.96 Å². The lowest BCUT2D eigenvalue weighted by molar-refractivity contribution is 0.0709. The lowest BCUT2D eigenvalue weighted by Gasteiger charge is -2.46. The fraction of sp³-hybridized carbons (Fsp3) is 0.688. The van der Waals surface area contributed by atoms with Crippen molar-refractivity contribution in [1.82, 2.24) is 19.6 Å². The molecular formula is C16H24N4S. The van der Waals surface area contributed by atoms with E-state index in [4.69, 9.17) is 4.98 Å². The molecule has 1 saturated carbocycles. The van der Waals surface area contributed by atoms with Gasteiger partial charge in [0.1, 0.15) is 0 Å². The Kier molecular flexibility index (Phi) is 3.52. The number of fused-ring (bicyclic) bond motifs is 1. The lowest BCUT2D eigenvalue weighted by atomic mass is 9.91. The Morgan fingerprint density at radius 1 is 1.43 bits per heavy atom. The van der Waals surface area contributed by atoms with Crippen molar-refractivity contribution >= 4 is 16.3 Å². The van der Waals surface area contributed by atoms with Gasteiger partial charge in [-0.15, -0.1) is 11.3 Å². The van der Waals surface area contributed by atoms with E-state index in [0.717, 1.165) is 18.1 Å². The zero-order chi connectivity index (χ0) is 14.3. The number of hydrogen-bond donors (Lipinski definition) is 1. The monoisotopic (exact) mass is 304 g/mol. The number of thiazole rings is 1. The van der Waals surface area contributed by atoms with Gasteiger partial charge in [-0.25, -0.2) is 4.98 Å². The third-order valence-electron chi connectivity index (χ3n) is 5.27. The summed E-state index contributed by atoms with van der Waals surface area (Å²) in [6.07, 6.45) is 11.0. The predicted molar refractivity (Wildman–Crippen MR) is 86.8 cm³/mol. The SMILES string of the molecule is CCC1CNC2(CCCC2)CN1Cc1cn2ccsc2n1. The van der Waals surface area contributed by atoms with Gasteiger partial charge in [-0.05, 0) is 19.3 Å². The molecule has 1 unspecified atom stereocenters. The van der Waals surface area contributed by atoms with Crippen molar-refractivity contribution in [2.75, 3.05) is 13.1 Å². The standard InChI is InChI=1S/C16H24N4S/c1-2-14-9-17-16(5-3-4-6-16)12-20(14)11-13-10-19-7-8-21-15(19)18-13/h7-8,10,14,17H,2-6,9,11-12H2,1H3. The van der Waals surface area contributed by atoms with Gasteiger partial charge in [0, 0.05) is 49.0 Å². The van der Waals surface area contributed by atoms with Crippen LogP contribution in [0.1, 0.15) is 44.7 Å². The quantitative estimate of drug-likeness (QED) is 0.946. The van der Waals surface area contributed by atoms with Crippen molar-refractivity contribution < 1.29 is 0 Å². The largest absolute Gasteiger partial charge is 0.308 e. The molecule has 0 radical (unpaired) electrons. The van der Waals surface area contributed by atoms with E-state index in [-0.39, 0.29) is 0 Å². The first kappa shape index (κ1) is 13.7. The average molecular weight is 304 g/mol. The van der Waals surface area contributed by atoms with Crippen LogP contribution in [-0.4, -0.2) is 39.0 Å². The number of hydrogen-bond acceptors (Lipinski definition) is 4. The van der Waals surface area contributed by atoms with Gasteiger partial charge in [-0.3, -0.25) is 9.30 Å². The van der Waals surface area contributed by atoms with Crippen LogP contribution in [0, 0.1) is 0 Å². The molecule has 4 nitrogen and oxygen atoms in total. The maximum Gasteiger partial charge on any atom is 0.193 e. The Balaban J connectivity index is 1.53. The average Bonchev–Trinajstić information content (AvgIpc) is 3.16. The fourth-order valence-electron chi connectivity index (χ4n) is 4.07. The van der Waals surface area contributed by atoms with Crippen molar-refractivity contribution in [3.05, 3.63) is 23.5 Å². The van der Waals surface area contributed by atoms with Gasteiger partial charge in [-0.2, -0.15) is 0 Å². The van der Waals surface area contributed by atoms with E-state index >= 15 is 0 Å². The Bertz CT molecular complexity index is 582. The van der Waals surface area contributed by atoms with Gasteiger partial charge in [0.2, 0.25) is 0 Å². The van der Waals surface area contributed by atoms with Crippen molar-refractivity contribution in [1.29, 1.82) is 0 Å². The molecule has 2 fully saturated rings. The highest BCUT2D eigenvalue weighted by Gasteiger charge is 2.40. The van der Waals surface area contributed by atoms with Crippen LogP contribution in [0.2, 0.25) is 0 Å². The number of aromatic nitrogens is 2. The second kappa shape index (κ2) is 5.38. The van der Waals surface area contributed by atoms with E-state index in [9.17, 15) is 0 Å². The molecule has 1 aliphatic carbocycles. The number of piperazine rings is 1. The normalized spacial score (nSPS) is 26.0. The molecule has 1 spiro atoms. The highest BCUT2D eigenvalue weighted by atomic mass is 32.1. The Morgan fingerprint density at radius 3 is 3.05 bits per heavy atom. The molecule has 1 N–H and O–H groups in total. The maximum atomic E-state index is 4.77. The molecule has 1 atom stereocenters. The van der Waals surface area contributed by atoms with Crippen LogP contribution < -0.4 is 5.32 Å². The zero-order valence-corrected chi connectivity index (χ0v) is 13.5. The zero-order valence-electron chi connectivity index (χ0n) is 12.7. The summed E-state index contributed by atoms with van der Waals surface area (Å²) < 4.78 is 2.15. The molecule has 21 heavy (non-hydrogen) atoms. The third-order valence-corrected chi connectivity index (χ3v) is 6.05. The highest BCUT2D eigenvalue weighted by molar-refractivity contribution is 7.15. The number of imidazole rings is 1. The summed E-state index contributed by atoms with van der Waals surface area (Å²) >= 11 is 1.72. The van der Waals surface area contributed by atoms with Crippen molar-refractivity contribution in [3.63, 3.8) is 0 Å². The van der Waals surface area contributed by atoms with E-state index in [1.807, 2.05) is 0 Å². The highest BCUT2D eigenvalue weighted by Crippen LogP contribution is 2.34. The molecule has 4 rings (SSSR count). The molecule has 3 heterocycles. The first-order valence-corrected chi connectivity index (χ1v) is 9.06. The molecule has 2 aromatic rings. The fourth-order valence-corrected chi connectivity index (χ4v) is 4.79. The molecular weight excluding hydrogens is 280 g/mol. The van der Waals surface area contributed by atoms with Crippen LogP contribution in [-0.2, 0) is 6.54 Å².